The van der Waals surface area contributed by atoms with Crippen LogP contribution in [0.15, 0.2) is 135 Å². The summed E-state index contributed by atoms with van der Waals surface area (Å²) in [5.74, 6) is -0.0552. The number of benzene rings is 4. The lowest BCUT2D eigenvalue weighted by Gasteiger charge is -2.35. The molecule has 6 saturated carbocycles. The Bertz CT molecular complexity index is 4580. The van der Waals surface area contributed by atoms with Crippen molar-refractivity contribution in [1.29, 1.82) is 0 Å². The van der Waals surface area contributed by atoms with Crippen LogP contribution in [0, 0.1) is 34.5 Å². The number of ether oxygens (including phenoxy) is 6. The van der Waals surface area contributed by atoms with E-state index in [0.29, 0.717) is 56.2 Å². The molecule has 2 aliphatic heterocycles. The van der Waals surface area contributed by atoms with E-state index in [4.69, 9.17) is 42.9 Å². The molecule has 113 heavy (non-hydrogen) atoms. The Morgan fingerprint density at radius 1 is 0.566 bits per heavy atom. The van der Waals surface area contributed by atoms with Gasteiger partial charge >= 0.3 is 27.4 Å². The van der Waals surface area contributed by atoms with Crippen LogP contribution in [-0.2, 0) is 42.3 Å². The van der Waals surface area contributed by atoms with E-state index in [0.717, 1.165) is 81.3 Å². The number of fused-ring (bicyclic) bond motifs is 2. The number of methoxy groups -OCH3 is 2. The molecule has 8 aliphatic rings. The van der Waals surface area contributed by atoms with Crippen LogP contribution in [0.1, 0.15) is 144 Å². The summed E-state index contributed by atoms with van der Waals surface area (Å²) in [6, 6.07) is 29.4. The van der Waals surface area contributed by atoms with E-state index in [9.17, 15) is 52.6 Å². The fraction of sp³-hybridized carbons (Fsp3) is 0.524. The van der Waals surface area contributed by atoms with Crippen molar-refractivity contribution in [2.75, 3.05) is 39.2 Å². The van der Waals surface area contributed by atoms with Gasteiger partial charge in [-0.05, 0) is 137 Å². The monoisotopic (exact) mass is 1660 g/mol. The minimum absolute atomic E-state index is 0.00362. The molecule has 14 rings (SSSR count). The smallest absolute Gasteiger partial charge is 0.408 e. The number of alkyl carbamates (subject to hydrolysis) is 2. The first-order valence-corrected chi connectivity index (χ1v) is 43.5. The summed E-state index contributed by atoms with van der Waals surface area (Å²) in [4.78, 5) is 128. The summed E-state index contributed by atoms with van der Waals surface area (Å²) in [5.41, 5.74) is 2.70. The molecule has 608 valence electrons. The van der Waals surface area contributed by atoms with Crippen LogP contribution in [-0.4, -0.2) is 169 Å². The molecule has 6 amide bonds. The molecule has 0 bridgehead atoms. The molecule has 2 saturated heterocycles. The van der Waals surface area contributed by atoms with Gasteiger partial charge < -0.3 is 78.7 Å². The van der Waals surface area contributed by atoms with Gasteiger partial charge in [0, 0.05) is 76.2 Å². The lowest BCUT2D eigenvalue weighted by molar-refractivity contribution is -0.142. The number of aromatic nitrogens is 2. The first-order chi connectivity index (χ1) is 53.8. The molecule has 8 fully saturated rings. The minimum Gasteiger partial charge on any atom is -0.497 e. The molecule has 11 atom stereocenters. The number of hydrogen-bond acceptors (Lipinski definition) is 17. The van der Waals surface area contributed by atoms with Crippen LogP contribution >= 0.6 is 31.1 Å². The number of hydrogen-bond donors (Lipinski definition) is 7. The van der Waals surface area contributed by atoms with E-state index >= 15 is 0 Å². The third kappa shape index (κ3) is 19.9. The molecule has 0 spiro atoms. The van der Waals surface area contributed by atoms with Crippen LogP contribution < -0.4 is 40.2 Å². The summed E-state index contributed by atoms with van der Waals surface area (Å²) in [6.07, 6.45) is 11.7. The highest BCUT2D eigenvalue weighted by Crippen LogP contribution is 2.71. The number of likely N-dealkylation sites (tertiary alicyclic amines) is 2. The number of halogens is 1. The molecule has 6 aliphatic carbocycles. The Balaban J connectivity index is 0.000000197. The first kappa shape index (κ1) is 84.0. The zero-order valence-corrected chi connectivity index (χ0v) is 68.9. The Morgan fingerprint density at radius 3 is 1.31 bits per heavy atom. The van der Waals surface area contributed by atoms with Crippen molar-refractivity contribution < 1.29 is 85.5 Å². The van der Waals surface area contributed by atoms with E-state index < -0.39 is 121 Å². The van der Waals surface area contributed by atoms with E-state index in [-0.39, 0.29) is 63.5 Å². The van der Waals surface area contributed by atoms with Gasteiger partial charge in [-0.1, -0.05) is 130 Å². The first-order valence-electron chi connectivity index (χ1n) is 39.2. The van der Waals surface area contributed by atoms with Gasteiger partial charge in [-0.25, -0.2) is 19.6 Å². The number of pyridine rings is 2. The maximum atomic E-state index is 14.7. The molecule has 29 heteroatoms. The second kappa shape index (κ2) is 35.0. The van der Waals surface area contributed by atoms with Gasteiger partial charge in [-0.3, -0.25) is 28.3 Å². The summed E-state index contributed by atoms with van der Waals surface area (Å²) in [7, 11) is -6.02. The normalized spacial score (nSPS) is 24.5. The van der Waals surface area contributed by atoms with E-state index in [1.807, 2.05) is 118 Å². The third-order valence-corrected chi connectivity index (χ3v) is 27.3. The number of carbonyl (C=O) groups is 6. The average Bonchev–Trinajstić information content (AvgIpc) is 1.54. The predicted molar refractivity (Wildman–Crippen MR) is 432 cm³/mol. The number of nitrogens with zero attached hydrogens (tertiary/aromatic N) is 4. The highest BCUT2D eigenvalue weighted by Gasteiger charge is 2.68. The van der Waals surface area contributed by atoms with E-state index in [1.165, 1.54) is 34.0 Å². The summed E-state index contributed by atoms with van der Waals surface area (Å²) >= 11 is 3.38. The second-order valence-corrected chi connectivity index (χ2v) is 37.9. The minimum atomic E-state index is -4.81. The Morgan fingerprint density at radius 2 is 0.965 bits per heavy atom. The molecular weight excluding hydrogens is 1550 g/mol. The highest BCUT2D eigenvalue weighted by atomic mass is 79.9. The Kier molecular flexibility index (Phi) is 26.0. The summed E-state index contributed by atoms with van der Waals surface area (Å²) in [6.45, 7) is 18.5. The van der Waals surface area contributed by atoms with E-state index in [1.54, 1.807) is 53.2 Å². The highest BCUT2D eigenvalue weighted by molar-refractivity contribution is 9.09. The lowest BCUT2D eigenvalue weighted by Crippen LogP contribution is -2.58. The number of nitrogens with one attached hydrogen (secondary N) is 4. The largest absolute Gasteiger partial charge is 0.497 e. The number of rotatable bonds is 26. The van der Waals surface area contributed by atoms with Crippen molar-refractivity contribution in [3.8, 4) is 45.5 Å². The molecular formula is C84H107BrN8O18P2. The van der Waals surface area contributed by atoms with Crippen molar-refractivity contribution in [3.05, 3.63) is 135 Å². The molecule has 0 radical (unpaired) electrons. The molecule has 4 heterocycles. The van der Waals surface area contributed by atoms with E-state index in [2.05, 4.69) is 50.4 Å². The summed E-state index contributed by atoms with van der Waals surface area (Å²) in [5, 5.41) is 10.3. The zero-order chi connectivity index (χ0) is 81.0. The maximum Gasteiger partial charge on any atom is 0.408 e. The number of carbonyl (C=O) groups excluding carboxylic acids is 6. The van der Waals surface area contributed by atoms with Crippen LogP contribution in [0.5, 0.6) is 23.0 Å². The number of amides is 6. The van der Waals surface area contributed by atoms with Gasteiger partial charge in [0.25, 0.3) is 0 Å². The summed E-state index contributed by atoms with van der Waals surface area (Å²) < 4.78 is 67.6. The van der Waals surface area contributed by atoms with Crippen molar-refractivity contribution in [2.24, 2.45) is 34.5 Å². The van der Waals surface area contributed by atoms with Gasteiger partial charge in [-0.15, -0.1) is 13.2 Å². The Hall–Kier alpha value is -8.42. The van der Waals surface area contributed by atoms with Gasteiger partial charge in [0.05, 0.1) is 56.3 Å². The molecule has 6 aromatic rings. The van der Waals surface area contributed by atoms with Crippen LogP contribution in [0.25, 0.3) is 44.3 Å². The van der Waals surface area contributed by atoms with Gasteiger partial charge in [-0.2, -0.15) is 0 Å². The van der Waals surface area contributed by atoms with Crippen molar-refractivity contribution in [2.45, 2.75) is 203 Å². The van der Waals surface area contributed by atoms with Crippen molar-refractivity contribution in [1.82, 2.24) is 41.0 Å². The molecule has 2 aromatic heterocycles. The molecule has 5 unspecified atom stereocenters. The standard InChI is InChI=1S/C42H53N4O9P.C38H47N4O9P.C4H7Br/c1-6-28-23-42(28,56(50,51)53-25-26-16-17-26)45-38(47)35-21-31(24-46(35)39(48)37(41(2,3)4)44-40(49)55-29-14-10-11-15-29)54-36-22-33(27-12-8-7-9-13-27)43-34-20-30(52-5)18-19-32(34)36;1-6-24-21-38(24,52(46,47)48)41-34(43)31-19-27(22-42(31)35(44)33(37(2,3)4)40-36(45)51-25-14-10-11-15-25)50-32-20-29(23-12-8-7-9-13-23)39-30-18-26(49-5)16-17-28(30)32;5-3-4-1-2-4/h6-9,12-13,18-20,22,26,28-29,31,35,37H,1,10-11,14-17,21,23-25H2,2-5H3,(H,44,49)(H,45,47)(H,50,51);6-9,12-13,16-18,20,24-25,27,31,33H,1,10-11,14-15,19,21-22H2,2-5H3,(H,40,45)(H,41,43)(H2,46,47,48);4H,1-3H2/t28?,31-,35+,37-,42?;24?,27-,31+,33-,38?;/m11./s1. The topological polar surface area (TPSA) is 342 Å². The van der Waals surface area contributed by atoms with Gasteiger partial charge in [0.1, 0.15) is 82.1 Å². The molecule has 4 aromatic carbocycles. The van der Waals surface area contributed by atoms with Crippen LogP contribution in [0.3, 0.4) is 0 Å². The van der Waals surface area contributed by atoms with Gasteiger partial charge in [0.2, 0.25) is 23.6 Å². The lowest BCUT2D eigenvalue weighted by atomic mass is 9.85. The third-order valence-electron chi connectivity index (χ3n) is 22.6. The Labute approximate surface area is 668 Å². The average molecular weight is 1660 g/mol. The predicted octanol–water partition coefficient (Wildman–Crippen LogP) is 14.3. The molecule has 26 nitrogen and oxygen atoms in total. The second-order valence-electron chi connectivity index (χ2n) is 33.3. The number of alkyl halides is 1. The molecule has 7 N–H and O–H groups in total. The van der Waals surface area contributed by atoms with Crippen LogP contribution in [0.4, 0.5) is 9.59 Å². The van der Waals surface area contributed by atoms with Crippen molar-refractivity contribution in [3.63, 3.8) is 0 Å². The quantitative estimate of drug-likeness (QED) is 0.0151. The van der Waals surface area contributed by atoms with Crippen molar-refractivity contribution >= 4 is 88.7 Å². The fourth-order valence-corrected chi connectivity index (χ4v) is 19.1. The fourth-order valence-electron chi connectivity index (χ4n) is 15.3. The van der Waals surface area contributed by atoms with Gasteiger partial charge in [0.15, 0.2) is 0 Å². The maximum absolute atomic E-state index is 14.7. The zero-order valence-electron chi connectivity index (χ0n) is 65.6. The van der Waals surface area contributed by atoms with Crippen LogP contribution in [0.2, 0.25) is 0 Å². The SMILES string of the molecule is BrCC1CC1.C=CC1CC1(NC(=O)[C@@H]1C[C@@H](Oc2cc(-c3ccccc3)nc3cc(OC)ccc23)CN1C(=O)[C@@H](NC(=O)OC1CCCC1)C(C)(C)C)P(=O)(O)O.C=CC1CC1(NC(=O)[C@@H]1C[C@@H](Oc2cc(-c3ccccc3)nc3cc(OC)ccc23)CN1C(=O)[C@@H](NC(=O)OC1CCCC1)C(C)(C)C)P(=O)(O)OCC1CC1.